The van der Waals surface area contributed by atoms with Crippen LogP contribution < -0.4 is 21.9 Å². The van der Waals surface area contributed by atoms with Gasteiger partial charge in [-0.05, 0) is 61.0 Å². The van der Waals surface area contributed by atoms with E-state index in [4.69, 9.17) is 5.73 Å². The summed E-state index contributed by atoms with van der Waals surface area (Å²) >= 11 is 0. The van der Waals surface area contributed by atoms with E-state index < -0.39 is 48.0 Å². The van der Waals surface area contributed by atoms with Crippen molar-refractivity contribution in [3.05, 3.63) is 106 Å². The number of rotatable bonds is 8. The lowest BCUT2D eigenvalue weighted by Crippen LogP contribution is -2.29. The molecule has 2 aromatic heterocycles. The first-order valence-electron chi connectivity index (χ1n) is 12.8. The third kappa shape index (κ3) is 5.53. The number of halogens is 2. The normalized spacial score (nSPS) is 11.2. The molecule has 5 aromatic rings. The van der Waals surface area contributed by atoms with Crippen LogP contribution in [0.1, 0.15) is 15.9 Å². The second-order valence-corrected chi connectivity index (χ2v) is 9.53. The fourth-order valence-corrected chi connectivity index (χ4v) is 4.47. The van der Waals surface area contributed by atoms with Crippen LogP contribution in [0.5, 0.6) is 0 Å². The van der Waals surface area contributed by atoms with Crippen LogP contribution in [0.25, 0.3) is 28.0 Å². The molecule has 214 valence electrons. The number of pyridine rings is 1. The minimum Gasteiger partial charge on any atom is -0.399 e. The molecule has 6 N–H and O–H groups in total. The number of nitrogens with two attached hydrogens (primary N) is 1. The van der Waals surface area contributed by atoms with Crippen molar-refractivity contribution in [2.45, 2.75) is 13.0 Å². The number of amides is 1. The molecule has 0 aliphatic carbocycles. The molecule has 0 atom stereocenters. The predicted molar refractivity (Wildman–Crippen MR) is 156 cm³/mol. The number of aliphatic hydroxyl groups excluding tert-OH is 2. The lowest BCUT2D eigenvalue weighted by molar-refractivity contribution is 0.102. The Hall–Kier alpha value is -5.20. The van der Waals surface area contributed by atoms with E-state index >= 15 is 0 Å². The molecule has 0 unspecified atom stereocenters. The molecule has 10 nitrogen and oxygen atoms in total. The average molecular weight is 573 g/mol. The van der Waals surface area contributed by atoms with Gasteiger partial charge >= 0.3 is 0 Å². The van der Waals surface area contributed by atoms with Gasteiger partial charge in [-0.3, -0.25) is 14.2 Å². The Kier molecular flexibility index (Phi) is 7.91. The van der Waals surface area contributed by atoms with Crippen LogP contribution in [0.3, 0.4) is 0 Å². The van der Waals surface area contributed by atoms with Crippen molar-refractivity contribution in [2.24, 2.45) is 0 Å². The number of nitrogen functional groups attached to an aromatic ring is 1. The van der Waals surface area contributed by atoms with Gasteiger partial charge in [-0.25, -0.2) is 13.8 Å². The largest absolute Gasteiger partial charge is 0.399 e. The minimum absolute atomic E-state index is 0.115. The van der Waals surface area contributed by atoms with Gasteiger partial charge in [0.2, 0.25) is 5.95 Å². The van der Waals surface area contributed by atoms with Crippen LogP contribution >= 0.6 is 0 Å². The van der Waals surface area contributed by atoms with Crippen LogP contribution in [0, 0.1) is 18.6 Å². The highest BCUT2D eigenvalue weighted by atomic mass is 19.1. The number of carbonyl (C=O) groups is 1. The zero-order chi connectivity index (χ0) is 30.0. The summed E-state index contributed by atoms with van der Waals surface area (Å²) in [5.41, 5.74) is 7.02. The summed E-state index contributed by atoms with van der Waals surface area (Å²) in [6, 6.07) is 16.6. The SMILES string of the molecule is Cc1ccc(NC(=O)c2cccc(N)c2)cc1-c1nc(NC(CO)CO)nc2c1ccc(=O)n2-c1c(F)cccc1F. The first-order valence-corrected chi connectivity index (χ1v) is 12.8. The molecule has 2 heterocycles. The van der Waals surface area contributed by atoms with E-state index in [1.807, 2.05) is 0 Å². The molecule has 0 aliphatic rings. The summed E-state index contributed by atoms with van der Waals surface area (Å²) < 4.78 is 30.6. The van der Waals surface area contributed by atoms with Crippen LogP contribution in [0.2, 0.25) is 0 Å². The molecule has 0 saturated carbocycles. The molecule has 0 saturated heterocycles. The Labute approximate surface area is 238 Å². The van der Waals surface area contributed by atoms with Crippen molar-refractivity contribution in [3.8, 4) is 16.9 Å². The van der Waals surface area contributed by atoms with E-state index in [2.05, 4.69) is 20.6 Å². The Morgan fingerprint density at radius 3 is 2.38 bits per heavy atom. The number of aliphatic hydroxyl groups is 2. The number of hydrogen-bond acceptors (Lipinski definition) is 8. The molecule has 0 bridgehead atoms. The summed E-state index contributed by atoms with van der Waals surface area (Å²) in [4.78, 5) is 34.9. The molecule has 0 radical (unpaired) electrons. The number of benzene rings is 3. The summed E-state index contributed by atoms with van der Waals surface area (Å²) in [6.07, 6.45) is 0. The molecule has 1 amide bonds. The second kappa shape index (κ2) is 11.7. The van der Waals surface area contributed by atoms with Crippen LogP contribution in [-0.4, -0.2) is 49.9 Å². The molecule has 42 heavy (non-hydrogen) atoms. The standard InChI is InChI=1S/C30H26F2N6O4/c1-16-8-9-19(34-29(42)17-4-2-5-18(33)12-17)13-22(16)26-21-10-11-25(41)38(27-23(31)6-3-7-24(27)32)28(21)37-30(36-26)35-20(14-39)15-40/h2-13,20,39-40H,14-15,33H2,1H3,(H,34,42)(H,35,36,37). The minimum atomic E-state index is -0.981. The van der Waals surface area contributed by atoms with Gasteiger partial charge in [-0.15, -0.1) is 0 Å². The Morgan fingerprint density at radius 2 is 1.69 bits per heavy atom. The maximum Gasteiger partial charge on any atom is 0.256 e. The highest BCUT2D eigenvalue weighted by Gasteiger charge is 2.21. The highest BCUT2D eigenvalue weighted by Crippen LogP contribution is 2.33. The molecular weight excluding hydrogens is 546 g/mol. The predicted octanol–water partition coefficient (Wildman–Crippen LogP) is 3.63. The monoisotopic (exact) mass is 572 g/mol. The molecule has 0 fully saturated rings. The van der Waals surface area contributed by atoms with Crippen molar-refractivity contribution in [1.82, 2.24) is 14.5 Å². The van der Waals surface area contributed by atoms with Crippen molar-refractivity contribution < 1.29 is 23.8 Å². The molecule has 0 aliphatic heterocycles. The maximum absolute atomic E-state index is 14.9. The highest BCUT2D eigenvalue weighted by molar-refractivity contribution is 6.05. The van der Waals surface area contributed by atoms with E-state index in [1.165, 1.54) is 12.1 Å². The third-order valence-electron chi connectivity index (χ3n) is 6.58. The van der Waals surface area contributed by atoms with Gasteiger partial charge in [0.1, 0.15) is 17.3 Å². The van der Waals surface area contributed by atoms with E-state index in [0.29, 0.717) is 22.5 Å². The smallest absolute Gasteiger partial charge is 0.256 e. The number of aromatic nitrogens is 3. The van der Waals surface area contributed by atoms with Crippen LogP contribution in [-0.2, 0) is 0 Å². The van der Waals surface area contributed by atoms with Crippen molar-refractivity contribution >= 4 is 34.3 Å². The van der Waals surface area contributed by atoms with E-state index in [9.17, 15) is 28.6 Å². The van der Waals surface area contributed by atoms with Gasteiger partial charge in [-0.2, -0.15) is 4.98 Å². The Balaban J connectivity index is 1.73. The first kappa shape index (κ1) is 28.3. The van der Waals surface area contributed by atoms with Gasteiger partial charge in [0.25, 0.3) is 11.5 Å². The molecule has 12 heteroatoms. The molecular formula is C30H26F2N6O4. The number of nitrogens with one attached hydrogen (secondary N) is 2. The second-order valence-electron chi connectivity index (χ2n) is 9.53. The quantitative estimate of drug-likeness (QED) is 0.177. The van der Waals surface area contributed by atoms with E-state index in [1.54, 1.807) is 49.4 Å². The van der Waals surface area contributed by atoms with Crippen LogP contribution in [0.15, 0.2) is 77.6 Å². The fraction of sp³-hybridized carbons (Fsp3) is 0.133. The summed E-state index contributed by atoms with van der Waals surface area (Å²) in [6.45, 7) is 0.860. The fourth-order valence-electron chi connectivity index (χ4n) is 4.47. The lowest BCUT2D eigenvalue weighted by Gasteiger charge is -2.18. The Bertz CT molecular complexity index is 1850. The number of nitrogens with zero attached hydrogens (tertiary/aromatic N) is 3. The number of anilines is 3. The van der Waals surface area contributed by atoms with Crippen molar-refractivity contribution in [1.29, 1.82) is 0 Å². The van der Waals surface area contributed by atoms with Gasteiger partial charge in [0.15, 0.2) is 5.65 Å². The zero-order valence-electron chi connectivity index (χ0n) is 22.3. The third-order valence-corrected chi connectivity index (χ3v) is 6.58. The van der Waals surface area contributed by atoms with Gasteiger partial charge in [-0.1, -0.05) is 18.2 Å². The van der Waals surface area contributed by atoms with Crippen molar-refractivity contribution in [3.63, 3.8) is 0 Å². The first-order chi connectivity index (χ1) is 20.2. The number of hydrogen-bond donors (Lipinski definition) is 5. The van der Waals surface area contributed by atoms with Gasteiger partial charge < -0.3 is 26.6 Å². The van der Waals surface area contributed by atoms with Gasteiger partial charge in [0, 0.05) is 34.0 Å². The molecule has 5 rings (SSSR count). The average Bonchev–Trinajstić information content (AvgIpc) is 2.97. The summed E-state index contributed by atoms with van der Waals surface area (Å²) in [5.74, 6) is -2.48. The molecule has 0 spiro atoms. The number of carbonyl (C=O) groups excluding carboxylic acids is 1. The van der Waals surface area contributed by atoms with Crippen molar-refractivity contribution in [2.75, 3.05) is 29.6 Å². The van der Waals surface area contributed by atoms with E-state index in [0.717, 1.165) is 28.3 Å². The lowest BCUT2D eigenvalue weighted by atomic mass is 10.0. The number of para-hydroxylation sites is 1. The van der Waals surface area contributed by atoms with E-state index in [-0.39, 0.29) is 22.7 Å². The number of aryl methyl sites for hydroxylation is 1. The van der Waals surface area contributed by atoms with Crippen LogP contribution in [0.4, 0.5) is 26.1 Å². The van der Waals surface area contributed by atoms with Gasteiger partial charge in [0.05, 0.1) is 24.9 Å². The maximum atomic E-state index is 14.9. The summed E-state index contributed by atoms with van der Waals surface area (Å²) in [7, 11) is 0. The molecule has 3 aromatic carbocycles. The topological polar surface area (TPSA) is 155 Å². The Morgan fingerprint density at radius 1 is 0.976 bits per heavy atom. The number of fused-ring (bicyclic) bond motifs is 1. The zero-order valence-corrected chi connectivity index (χ0v) is 22.3. The summed E-state index contributed by atoms with van der Waals surface area (Å²) in [5, 5.41) is 25.2.